The molecule has 0 radical (unpaired) electrons. The van der Waals surface area contributed by atoms with Gasteiger partial charge < -0.3 is 33.7 Å². The highest BCUT2D eigenvalue weighted by Gasteiger charge is 2.60. The lowest BCUT2D eigenvalue weighted by Gasteiger charge is -2.48. The number of methoxy groups -OCH3 is 1. The summed E-state index contributed by atoms with van der Waals surface area (Å²) in [5.74, 6) is -22.7. The molecule has 1 amide bonds. The van der Waals surface area contributed by atoms with E-state index in [9.17, 15) is 55.5 Å². The van der Waals surface area contributed by atoms with Crippen LogP contribution in [0.2, 0.25) is 0 Å². The Bertz CT molecular complexity index is 1410. The summed E-state index contributed by atoms with van der Waals surface area (Å²) < 4.78 is 101. The van der Waals surface area contributed by atoms with Gasteiger partial charge in [-0.05, 0) is 6.92 Å². The number of ether oxygens (including phenoxy) is 6. The minimum absolute atomic E-state index is 0.660. The molecule has 260 valence electrons. The molecule has 1 aromatic rings. The van der Waals surface area contributed by atoms with Crippen molar-refractivity contribution in [2.24, 2.45) is 0 Å². The van der Waals surface area contributed by atoms with Gasteiger partial charge in [0.05, 0.1) is 26.0 Å². The number of halogens is 5. The van der Waals surface area contributed by atoms with Crippen LogP contribution in [0.25, 0.3) is 0 Å². The Morgan fingerprint density at radius 2 is 1.34 bits per heavy atom. The summed E-state index contributed by atoms with van der Waals surface area (Å²) in [6.45, 7) is 4.51. The van der Waals surface area contributed by atoms with Crippen LogP contribution in [0.4, 0.5) is 22.0 Å². The van der Waals surface area contributed by atoms with Gasteiger partial charge in [0.15, 0.2) is 29.4 Å². The van der Waals surface area contributed by atoms with Crippen LogP contribution in [0.3, 0.4) is 0 Å². The van der Waals surface area contributed by atoms with E-state index < -0.39 is 132 Å². The van der Waals surface area contributed by atoms with E-state index in [4.69, 9.17) is 28.4 Å². The molecule has 6 atom stereocenters. The first-order valence-electron chi connectivity index (χ1n) is 13.5. The number of benzene rings is 1. The molecule has 1 aliphatic heterocycles. The maximum absolute atomic E-state index is 14.4. The highest BCUT2D eigenvalue weighted by molar-refractivity contribution is 5.82. The zero-order valence-corrected chi connectivity index (χ0v) is 25.7. The van der Waals surface area contributed by atoms with Crippen molar-refractivity contribution >= 4 is 41.5 Å². The minimum Gasteiger partial charge on any atom is -0.464 e. The van der Waals surface area contributed by atoms with Crippen LogP contribution in [-0.2, 0) is 68.4 Å². The molecule has 2 rings (SSSR count). The molecular weight excluding hydrogens is 653 g/mol. The SMILES string of the molecule is COC(=O)[C@]1(OC(C)=O)C[C@H](OC(C)=O)[C@@H](NC(=O)Cc2c(F)c(F)c(F)c(F)c2F)C([C@@H](OC(C)=O)[C@@H](CC(C)=O)OC(C)=O)O1. The number of esters is 5. The van der Waals surface area contributed by atoms with Crippen molar-refractivity contribution in [3.8, 4) is 0 Å². The van der Waals surface area contributed by atoms with Gasteiger partial charge in [-0.15, -0.1) is 0 Å². The number of amides is 1. The lowest BCUT2D eigenvalue weighted by atomic mass is 9.86. The van der Waals surface area contributed by atoms with Gasteiger partial charge in [-0.1, -0.05) is 0 Å². The molecule has 14 nitrogen and oxygen atoms in total. The van der Waals surface area contributed by atoms with Gasteiger partial charge in [0.25, 0.3) is 0 Å². The lowest BCUT2D eigenvalue weighted by molar-refractivity contribution is -0.303. The first-order chi connectivity index (χ1) is 21.7. The Hall–Kier alpha value is -4.68. The van der Waals surface area contributed by atoms with Crippen LogP contribution in [0.15, 0.2) is 0 Å². The van der Waals surface area contributed by atoms with Crippen LogP contribution >= 0.6 is 0 Å². The van der Waals surface area contributed by atoms with E-state index in [1.807, 2.05) is 0 Å². The van der Waals surface area contributed by atoms with E-state index in [0.29, 0.717) is 0 Å². The molecule has 1 aliphatic rings. The number of hydrogen-bond donors (Lipinski definition) is 1. The minimum atomic E-state index is -2.83. The zero-order chi connectivity index (χ0) is 36.0. The Morgan fingerprint density at radius 1 is 0.809 bits per heavy atom. The van der Waals surface area contributed by atoms with Crippen molar-refractivity contribution < 1.29 is 83.9 Å². The molecule has 0 saturated carbocycles. The summed E-state index contributed by atoms with van der Waals surface area (Å²) in [4.78, 5) is 86.9. The van der Waals surface area contributed by atoms with Gasteiger partial charge in [0, 0.05) is 39.7 Å². The largest absolute Gasteiger partial charge is 0.464 e. The highest BCUT2D eigenvalue weighted by Crippen LogP contribution is 2.37. The molecule has 1 aromatic carbocycles. The van der Waals surface area contributed by atoms with Crippen LogP contribution in [0.5, 0.6) is 0 Å². The fourth-order valence-corrected chi connectivity index (χ4v) is 4.82. The molecule has 47 heavy (non-hydrogen) atoms. The van der Waals surface area contributed by atoms with Gasteiger partial charge in [-0.25, -0.2) is 26.7 Å². The molecule has 19 heteroatoms. The first-order valence-corrected chi connectivity index (χ1v) is 13.5. The highest BCUT2D eigenvalue weighted by atomic mass is 19.2. The summed E-state index contributed by atoms with van der Waals surface area (Å²) >= 11 is 0. The summed E-state index contributed by atoms with van der Waals surface area (Å²) in [6, 6.07) is -1.91. The van der Waals surface area contributed by atoms with Crippen LogP contribution < -0.4 is 5.32 Å². The van der Waals surface area contributed by atoms with Crippen molar-refractivity contribution in [1.29, 1.82) is 0 Å². The molecule has 1 heterocycles. The van der Waals surface area contributed by atoms with E-state index in [2.05, 4.69) is 5.32 Å². The third-order valence-corrected chi connectivity index (χ3v) is 6.44. The van der Waals surface area contributed by atoms with Crippen LogP contribution in [0.1, 0.15) is 53.0 Å². The smallest absolute Gasteiger partial charge is 0.379 e. The number of ketones is 1. The second kappa shape index (κ2) is 15.7. The van der Waals surface area contributed by atoms with Gasteiger partial charge in [0.2, 0.25) is 11.7 Å². The van der Waals surface area contributed by atoms with E-state index >= 15 is 0 Å². The van der Waals surface area contributed by atoms with Gasteiger partial charge >= 0.3 is 35.6 Å². The van der Waals surface area contributed by atoms with Crippen molar-refractivity contribution in [2.75, 3.05) is 7.11 Å². The molecule has 0 aromatic heterocycles. The lowest BCUT2D eigenvalue weighted by Crippen LogP contribution is -2.69. The summed E-state index contributed by atoms with van der Waals surface area (Å²) in [5, 5.41) is 2.12. The third-order valence-electron chi connectivity index (χ3n) is 6.44. The number of carbonyl (C=O) groups is 7. The number of hydrogen-bond acceptors (Lipinski definition) is 13. The molecule has 1 unspecified atom stereocenters. The summed E-state index contributed by atoms with van der Waals surface area (Å²) in [6.07, 6.45) is -10.9. The fourth-order valence-electron chi connectivity index (χ4n) is 4.82. The van der Waals surface area contributed by atoms with Crippen molar-refractivity contribution in [1.82, 2.24) is 5.32 Å². The quantitative estimate of drug-likeness (QED) is 0.110. The average Bonchev–Trinajstić information content (AvgIpc) is 2.95. The van der Waals surface area contributed by atoms with Gasteiger partial charge in [-0.2, -0.15) is 0 Å². The topological polar surface area (TPSA) is 187 Å². The van der Waals surface area contributed by atoms with E-state index in [0.717, 1.165) is 41.7 Å². The van der Waals surface area contributed by atoms with E-state index in [1.165, 1.54) is 0 Å². The zero-order valence-electron chi connectivity index (χ0n) is 25.7. The van der Waals surface area contributed by atoms with Crippen LogP contribution in [-0.4, -0.2) is 84.9 Å². The molecular formula is C28H30F5NO13. The van der Waals surface area contributed by atoms with Crippen molar-refractivity contribution in [3.05, 3.63) is 34.6 Å². The molecule has 0 aliphatic carbocycles. The monoisotopic (exact) mass is 683 g/mol. The maximum atomic E-state index is 14.4. The molecule has 1 fully saturated rings. The number of rotatable bonds is 12. The first kappa shape index (κ1) is 38.5. The molecule has 0 bridgehead atoms. The predicted molar refractivity (Wildman–Crippen MR) is 140 cm³/mol. The Balaban J connectivity index is 2.82. The molecule has 1 N–H and O–H groups in total. The third kappa shape index (κ3) is 9.43. The van der Waals surface area contributed by atoms with Crippen molar-refractivity contribution in [2.45, 2.75) is 90.1 Å². The number of nitrogens with one attached hydrogen (secondary N) is 1. The summed E-state index contributed by atoms with van der Waals surface area (Å²) in [7, 11) is 0.839. The molecule has 1 saturated heterocycles. The standard InChI is InChI=1S/C28H30F5NO13/c1-10(35)7-16(43-11(2)36)25(45-13(4)38)26-24(34-18(40)8-15-19(29)21(31)23(33)22(32)20(15)30)17(44-12(3)37)9-28(47-26,27(41)42-6)46-14(5)39/h16-17,24-26H,7-9H2,1-6H3,(H,34,40)/t16-,17+,24-,25+,26?,28+/m1/s1. The van der Waals surface area contributed by atoms with Gasteiger partial charge in [0.1, 0.15) is 24.1 Å². The second-order valence-corrected chi connectivity index (χ2v) is 10.2. The number of carbonyl (C=O) groups excluding carboxylic acids is 7. The average molecular weight is 684 g/mol. The fraction of sp³-hybridized carbons (Fsp3) is 0.536. The maximum Gasteiger partial charge on any atom is 0.379 e. The predicted octanol–water partition coefficient (Wildman–Crippen LogP) is 1.40. The Morgan fingerprint density at radius 3 is 1.79 bits per heavy atom. The van der Waals surface area contributed by atoms with Crippen molar-refractivity contribution in [3.63, 3.8) is 0 Å². The Labute approximate surface area is 263 Å². The number of Topliss-reactive ketones (excluding diaryl/α,β-unsaturated/α-hetero) is 1. The summed E-state index contributed by atoms with van der Waals surface area (Å²) in [5.41, 5.74) is -1.56. The van der Waals surface area contributed by atoms with E-state index in [-0.39, 0.29) is 0 Å². The molecule has 0 spiro atoms. The Kier molecular flexibility index (Phi) is 12.9. The normalized spacial score (nSPS) is 21.8. The van der Waals surface area contributed by atoms with Gasteiger partial charge in [-0.3, -0.25) is 28.8 Å². The van der Waals surface area contributed by atoms with E-state index in [1.54, 1.807) is 0 Å². The second-order valence-electron chi connectivity index (χ2n) is 10.2. The van der Waals surface area contributed by atoms with Crippen LogP contribution in [0, 0.1) is 29.1 Å².